The number of hydrogen-bond acceptors (Lipinski definition) is 2. The van der Waals surface area contributed by atoms with Gasteiger partial charge in [0.15, 0.2) is 0 Å². The monoisotopic (exact) mass is 1550 g/mol. The average molecular weight is 1550 g/mol. The lowest BCUT2D eigenvalue weighted by Crippen LogP contribution is -2.61. The lowest BCUT2D eigenvalue weighted by Gasteiger charge is -2.45. The minimum Gasteiger partial charge on any atom is -0.311 e. The van der Waals surface area contributed by atoms with Crippen LogP contribution in [0.1, 0.15) is 0 Å². The van der Waals surface area contributed by atoms with Gasteiger partial charge in [0.25, 0.3) is 6.71 Å². The van der Waals surface area contributed by atoms with Crippen molar-refractivity contribution in [3.8, 4) is 72.9 Å². The van der Waals surface area contributed by atoms with Gasteiger partial charge >= 0.3 is 0 Å². The molecule has 0 unspecified atom stereocenters. The number of hydrogen-bond donors (Lipinski definition) is 0. The Morgan fingerprint density at radius 3 is 0.730 bits per heavy atom. The number of benzene rings is 19. The summed E-state index contributed by atoms with van der Waals surface area (Å²) in [4.78, 5) is 5.31. The van der Waals surface area contributed by atoms with E-state index < -0.39 is 0 Å². The van der Waals surface area contributed by atoms with Gasteiger partial charge < -0.3 is 32.6 Å². The molecule has 0 amide bonds. The zero-order valence-corrected chi connectivity index (χ0v) is 66.3. The first-order chi connectivity index (χ1) is 60.6. The van der Waals surface area contributed by atoms with Gasteiger partial charge in [-0.05, 0) is 148 Å². The number of nitrogens with zero attached hydrogens (tertiary/aromatic N) is 7. The van der Waals surface area contributed by atoms with Gasteiger partial charge in [0, 0.05) is 98.9 Å². The van der Waals surface area contributed by atoms with Crippen molar-refractivity contribution in [3.63, 3.8) is 0 Å². The maximum Gasteiger partial charge on any atom is 0.252 e. The molecule has 24 aromatic rings. The summed E-state index contributed by atoms with van der Waals surface area (Å²) in [7, 11) is 0. The smallest absolute Gasteiger partial charge is 0.252 e. The van der Waals surface area contributed by atoms with Gasteiger partial charge in [0.1, 0.15) is 0 Å². The molecule has 122 heavy (non-hydrogen) atoms. The molecule has 0 spiro atoms. The molecular weight excluding hydrogens is 1480 g/mol. The Labute approximate surface area is 703 Å². The first-order valence-corrected chi connectivity index (χ1v) is 42.2. The number of para-hydroxylation sites is 14. The normalized spacial score (nSPS) is 12.5. The third-order valence-corrected chi connectivity index (χ3v) is 26.3. The fraction of sp³-hybridized carbons (Fsp3) is 0. The van der Waals surface area contributed by atoms with Gasteiger partial charge in [-0.3, -0.25) is 0 Å². The van der Waals surface area contributed by atoms with E-state index in [2.05, 4.69) is 469 Å². The second-order valence-electron chi connectivity index (χ2n) is 32.5. The topological polar surface area (TPSA) is 31.1 Å². The first kappa shape index (κ1) is 68.0. The minimum absolute atomic E-state index is 0.318. The molecule has 0 fully saturated rings. The second-order valence-corrected chi connectivity index (χ2v) is 32.5. The SMILES string of the molecule is c1ccc(-c2ccccc2N2c3cc(-c4cccc(-n5c6ccccc6c6ccccc65)c4-n4c5ccccc5c5ccccc54)ccc3B3c4ccc(-c5cccc(-n6c7ccccc7c7ccccc76)c5-n5c6ccccc6c6ccccc65)cc4N(c4ccccc4-c4ccccc4)c4cc(-n5c6ccccc6c6ccccc65)cc2c43)cc1. The van der Waals surface area contributed by atoms with Gasteiger partial charge in [0.2, 0.25) is 0 Å². The van der Waals surface area contributed by atoms with Crippen molar-refractivity contribution in [1.82, 2.24) is 22.8 Å². The van der Waals surface area contributed by atoms with Crippen LogP contribution in [0.5, 0.6) is 0 Å². The van der Waals surface area contributed by atoms with Gasteiger partial charge in [-0.1, -0.05) is 328 Å². The second kappa shape index (κ2) is 26.7. The lowest BCUT2D eigenvalue weighted by molar-refractivity contribution is 1.10. The van der Waals surface area contributed by atoms with E-state index in [9.17, 15) is 0 Å². The molecular formula is C114H72BN7. The number of aromatic nitrogens is 5. The summed E-state index contributed by atoms with van der Waals surface area (Å²) >= 11 is 0. The summed E-state index contributed by atoms with van der Waals surface area (Å²) in [5.41, 5.74) is 35.7. The molecule has 566 valence electrons. The van der Waals surface area contributed by atoms with Crippen molar-refractivity contribution in [1.29, 1.82) is 0 Å². The largest absolute Gasteiger partial charge is 0.311 e. The van der Waals surface area contributed by atoms with Crippen LogP contribution in [0.25, 0.3) is 182 Å². The quantitative estimate of drug-likeness (QED) is 0.121. The summed E-state index contributed by atoms with van der Waals surface area (Å²) in [5.74, 6) is 0. The summed E-state index contributed by atoms with van der Waals surface area (Å²) in [6.45, 7) is -0.318. The zero-order valence-electron chi connectivity index (χ0n) is 66.3. The molecule has 2 aliphatic rings. The van der Waals surface area contributed by atoms with Crippen LogP contribution >= 0.6 is 0 Å². The lowest BCUT2D eigenvalue weighted by atomic mass is 9.33. The molecule has 26 rings (SSSR count). The third kappa shape index (κ3) is 9.86. The van der Waals surface area contributed by atoms with E-state index in [-0.39, 0.29) is 6.71 Å². The molecule has 8 heteroatoms. The van der Waals surface area contributed by atoms with Crippen LogP contribution in [0, 0.1) is 0 Å². The van der Waals surface area contributed by atoms with E-state index in [1.165, 1.54) is 70.3 Å². The molecule has 0 aliphatic carbocycles. The van der Waals surface area contributed by atoms with Crippen LogP contribution in [-0.2, 0) is 0 Å². The van der Waals surface area contributed by atoms with Gasteiger partial charge in [-0.25, -0.2) is 0 Å². The van der Waals surface area contributed by atoms with E-state index in [1.54, 1.807) is 0 Å². The molecule has 7 nitrogen and oxygen atoms in total. The average Bonchev–Trinajstić information content (AvgIpc) is 0.842. The van der Waals surface area contributed by atoms with Crippen molar-refractivity contribution in [2.75, 3.05) is 9.80 Å². The number of anilines is 6. The standard InChI is InChI=1S/C114H72BN7/c1-3-33-73(34-4-1)78-37-7-19-51-94(78)119-108-69-75(80-49-31-63-106(117-98-55-23-11-41-84(98)85-42-12-24-56-99(85)117)113(80)121-102-59-27-15-45-88(102)89-46-16-28-60-103(89)121)65-67-92(108)115-93-68-66-76(81-50-32-64-107(118-100-57-25-13-43-86(100)87-44-14-26-58-101(87)118)114(81)122-104-61-29-17-47-90(104)91-48-18-30-62-105(91)122)70-109(93)120(95-52-20-8-38-79(95)74-35-5-2-6-36-74)111-72-77(71-110(119)112(111)115)116-96-53-21-9-39-82(96)83-40-10-22-54-97(83)116/h1-72H. The highest BCUT2D eigenvalue weighted by Crippen LogP contribution is 2.54. The van der Waals surface area contributed by atoms with E-state index in [0.29, 0.717) is 0 Å². The van der Waals surface area contributed by atoms with E-state index >= 15 is 0 Å². The summed E-state index contributed by atoms with van der Waals surface area (Å²) in [5, 5.41) is 12.0. The number of rotatable bonds is 11. The van der Waals surface area contributed by atoms with Crippen LogP contribution in [-0.4, -0.2) is 29.5 Å². The molecule has 0 saturated heterocycles. The Kier molecular flexibility index (Phi) is 14.9. The summed E-state index contributed by atoms with van der Waals surface area (Å²) in [6.07, 6.45) is 0. The van der Waals surface area contributed by atoms with Gasteiger partial charge in [-0.15, -0.1) is 0 Å². The Bertz CT molecular complexity index is 7810. The third-order valence-electron chi connectivity index (χ3n) is 26.3. The molecule has 2 aliphatic heterocycles. The highest BCUT2D eigenvalue weighted by molar-refractivity contribution is 7.00. The molecule has 0 saturated carbocycles. The molecule has 0 N–H and O–H groups in total. The van der Waals surface area contributed by atoms with Crippen molar-refractivity contribution < 1.29 is 0 Å². The van der Waals surface area contributed by atoms with Crippen molar-refractivity contribution in [3.05, 3.63) is 437 Å². The Hall–Kier alpha value is -16.2. The number of fused-ring (bicyclic) bond motifs is 19. The predicted molar refractivity (Wildman–Crippen MR) is 514 cm³/mol. The molecule has 5 aromatic heterocycles. The van der Waals surface area contributed by atoms with Crippen molar-refractivity contribution in [2.24, 2.45) is 0 Å². The van der Waals surface area contributed by atoms with Crippen LogP contribution in [0.4, 0.5) is 34.1 Å². The molecule has 0 atom stereocenters. The zero-order chi connectivity index (χ0) is 79.8. The Morgan fingerprint density at radius 1 is 0.156 bits per heavy atom. The molecule has 19 aromatic carbocycles. The molecule has 0 bridgehead atoms. The minimum atomic E-state index is -0.318. The van der Waals surface area contributed by atoms with Crippen LogP contribution in [0.15, 0.2) is 437 Å². The fourth-order valence-corrected chi connectivity index (χ4v) is 21.3. The maximum absolute atomic E-state index is 2.66. The van der Waals surface area contributed by atoms with Crippen LogP contribution in [0.3, 0.4) is 0 Å². The van der Waals surface area contributed by atoms with Gasteiger partial charge in [0.05, 0.1) is 95.0 Å². The highest BCUT2D eigenvalue weighted by Gasteiger charge is 2.46. The molecule has 0 radical (unpaired) electrons. The predicted octanol–water partition coefficient (Wildman–Crippen LogP) is 27.9. The summed E-state index contributed by atoms with van der Waals surface area (Å²) in [6, 6.07) is 164. The molecule has 7 heterocycles. The highest BCUT2D eigenvalue weighted by atomic mass is 15.2. The Morgan fingerprint density at radius 2 is 0.410 bits per heavy atom. The summed E-state index contributed by atoms with van der Waals surface area (Å²) < 4.78 is 12.7. The maximum atomic E-state index is 2.66. The van der Waals surface area contributed by atoms with E-state index in [1.807, 2.05) is 0 Å². The fourth-order valence-electron chi connectivity index (χ4n) is 21.3. The van der Waals surface area contributed by atoms with Crippen LogP contribution in [0.2, 0.25) is 0 Å². The van der Waals surface area contributed by atoms with E-state index in [0.717, 1.165) is 162 Å². The Balaban J connectivity index is 0.807. The van der Waals surface area contributed by atoms with Gasteiger partial charge in [-0.2, -0.15) is 0 Å². The van der Waals surface area contributed by atoms with E-state index in [4.69, 9.17) is 0 Å². The van der Waals surface area contributed by atoms with Crippen LogP contribution < -0.4 is 26.2 Å². The van der Waals surface area contributed by atoms with Crippen molar-refractivity contribution >= 4 is 166 Å². The van der Waals surface area contributed by atoms with Crippen molar-refractivity contribution in [2.45, 2.75) is 0 Å². The first-order valence-electron chi connectivity index (χ1n) is 42.2.